The summed E-state index contributed by atoms with van der Waals surface area (Å²) in [5.74, 6) is -2.89. The zero-order valence-corrected chi connectivity index (χ0v) is 16.4. The number of hydrogen-bond acceptors (Lipinski definition) is 6. The van der Waals surface area contributed by atoms with E-state index in [1.54, 1.807) is 0 Å². The molecule has 0 radical (unpaired) electrons. The average Bonchev–Trinajstić information content (AvgIpc) is 2.45. The Morgan fingerprint density at radius 2 is 1.30 bits per heavy atom. The van der Waals surface area contributed by atoms with Gasteiger partial charge in [-0.15, -0.1) is 0 Å². The van der Waals surface area contributed by atoms with E-state index >= 15 is 0 Å². The van der Waals surface area contributed by atoms with E-state index in [1.165, 1.54) is 38.5 Å². The summed E-state index contributed by atoms with van der Waals surface area (Å²) >= 11 is 0. The summed E-state index contributed by atoms with van der Waals surface area (Å²) < 4.78 is 8.95. The molecule has 0 aromatic rings. The first-order valence-electron chi connectivity index (χ1n) is 8.07. The molecular formula is C16H27NaO6. The van der Waals surface area contributed by atoms with Gasteiger partial charge in [0.15, 0.2) is 0 Å². The third kappa shape index (κ3) is 19.5. The molecule has 0 aromatic carbocycles. The summed E-state index contributed by atoms with van der Waals surface area (Å²) in [5, 5.41) is 10.0. The van der Waals surface area contributed by atoms with Crippen LogP contribution in [0.3, 0.4) is 0 Å². The number of hydrogen-bond donors (Lipinski definition) is 0. The number of carboxylic acid groups (broad SMARTS) is 1. The minimum absolute atomic E-state index is 0. The number of carboxylic acids is 1. The van der Waals surface area contributed by atoms with Crippen LogP contribution in [-0.2, 0) is 23.9 Å². The Bertz CT molecular complexity index is 333. The Hall–Kier alpha value is -0.430. The van der Waals surface area contributed by atoms with Gasteiger partial charge in [0.25, 0.3) is 0 Å². The van der Waals surface area contributed by atoms with Crippen molar-refractivity contribution in [3.63, 3.8) is 0 Å². The minimum atomic E-state index is -1.42. The predicted molar refractivity (Wildman–Crippen MR) is 78.8 cm³/mol. The van der Waals surface area contributed by atoms with E-state index < -0.39 is 31.1 Å². The van der Waals surface area contributed by atoms with Gasteiger partial charge in [0.05, 0.1) is 12.6 Å². The van der Waals surface area contributed by atoms with Gasteiger partial charge in [-0.25, -0.2) is 4.79 Å². The van der Waals surface area contributed by atoms with Crippen molar-refractivity contribution in [3.8, 4) is 0 Å². The van der Waals surface area contributed by atoms with Gasteiger partial charge in [-0.05, 0) is 6.42 Å². The smallest absolute Gasteiger partial charge is 0.548 e. The SMILES string of the molecule is CCCCCCCCCCCC(=O)OC(=O)COCC(=O)[O-].[Na+]. The Labute approximate surface area is 160 Å². The summed E-state index contributed by atoms with van der Waals surface area (Å²) in [6.07, 6.45) is 10.4. The van der Waals surface area contributed by atoms with Crippen molar-refractivity contribution in [2.45, 2.75) is 71.1 Å². The van der Waals surface area contributed by atoms with Gasteiger partial charge in [0.2, 0.25) is 0 Å². The van der Waals surface area contributed by atoms with Crippen molar-refractivity contribution in [1.82, 2.24) is 0 Å². The molecule has 128 valence electrons. The number of esters is 2. The van der Waals surface area contributed by atoms with Crippen molar-refractivity contribution in [2.75, 3.05) is 13.2 Å². The molecule has 23 heavy (non-hydrogen) atoms. The van der Waals surface area contributed by atoms with E-state index in [0.29, 0.717) is 6.42 Å². The molecule has 0 saturated carbocycles. The largest absolute Gasteiger partial charge is 1.00 e. The van der Waals surface area contributed by atoms with Crippen LogP contribution in [0.25, 0.3) is 0 Å². The maximum absolute atomic E-state index is 11.3. The predicted octanol–water partition coefficient (Wildman–Crippen LogP) is -1.25. The summed E-state index contributed by atoms with van der Waals surface area (Å²) in [7, 11) is 0. The molecule has 7 heteroatoms. The summed E-state index contributed by atoms with van der Waals surface area (Å²) in [6.45, 7) is 0.943. The molecule has 0 N–H and O–H groups in total. The second-order valence-electron chi connectivity index (χ2n) is 5.29. The summed E-state index contributed by atoms with van der Waals surface area (Å²) in [4.78, 5) is 32.5. The molecule has 0 unspecified atom stereocenters. The zero-order valence-electron chi connectivity index (χ0n) is 14.4. The Balaban J connectivity index is 0. The molecule has 0 aromatic heterocycles. The van der Waals surface area contributed by atoms with Crippen molar-refractivity contribution >= 4 is 17.9 Å². The van der Waals surface area contributed by atoms with Crippen LogP contribution in [0, 0.1) is 0 Å². The van der Waals surface area contributed by atoms with Gasteiger partial charge in [-0.1, -0.05) is 58.3 Å². The number of ether oxygens (including phenoxy) is 2. The third-order valence-corrected chi connectivity index (χ3v) is 3.15. The van der Waals surface area contributed by atoms with Gasteiger partial charge in [0, 0.05) is 6.42 Å². The number of rotatable bonds is 14. The molecule has 0 aliphatic carbocycles. The Morgan fingerprint density at radius 3 is 1.83 bits per heavy atom. The van der Waals surface area contributed by atoms with Crippen LogP contribution in [0.4, 0.5) is 0 Å². The van der Waals surface area contributed by atoms with E-state index in [2.05, 4.69) is 16.4 Å². The molecule has 0 spiro atoms. The zero-order chi connectivity index (χ0) is 16.6. The monoisotopic (exact) mass is 338 g/mol. The number of unbranched alkanes of at least 4 members (excludes halogenated alkanes) is 8. The second-order valence-corrected chi connectivity index (χ2v) is 5.29. The first kappa shape index (κ1) is 24.8. The molecule has 0 amide bonds. The summed E-state index contributed by atoms with van der Waals surface area (Å²) in [5.41, 5.74) is 0. The van der Waals surface area contributed by atoms with Gasteiger partial charge < -0.3 is 19.4 Å². The van der Waals surface area contributed by atoms with E-state index in [-0.39, 0.29) is 36.0 Å². The maximum Gasteiger partial charge on any atom is 1.00 e. The van der Waals surface area contributed by atoms with Crippen LogP contribution in [-0.4, -0.2) is 31.1 Å². The molecule has 0 aliphatic rings. The molecule has 0 atom stereocenters. The van der Waals surface area contributed by atoms with Crippen LogP contribution >= 0.6 is 0 Å². The number of carbonyl (C=O) groups is 3. The molecular weight excluding hydrogens is 311 g/mol. The van der Waals surface area contributed by atoms with Crippen molar-refractivity contribution in [3.05, 3.63) is 0 Å². The molecule has 0 aliphatic heterocycles. The maximum atomic E-state index is 11.3. The van der Waals surface area contributed by atoms with Gasteiger partial charge >= 0.3 is 41.5 Å². The molecule has 0 rings (SSSR count). The normalized spacial score (nSPS) is 9.96. The van der Waals surface area contributed by atoms with Crippen LogP contribution in [0.5, 0.6) is 0 Å². The van der Waals surface area contributed by atoms with Gasteiger partial charge in [-0.2, -0.15) is 0 Å². The van der Waals surface area contributed by atoms with Crippen molar-refractivity contribution < 1.29 is 58.5 Å². The Morgan fingerprint density at radius 1 is 0.783 bits per heavy atom. The first-order chi connectivity index (χ1) is 10.6. The van der Waals surface area contributed by atoms with Crippen LogP contribution in [0.1, 0.15) is 71.1 Å². The van der Waals surface area contributed by atoms with Gasteiger partial charge in [-0.3, -0.25) is 4.79 Å². The molecule has 0 heterocycles. The van der Waals surface area contributed by atoms with E-state index in [9.17, 15) is 19.5 Å². The van der Waals surface area contributed by atoms with E-state index in [1.807, 2.05) is 0 Å². The average molecular weight is 338 g/mol. The van der Waals surface area contributed by atoms with Gasteiger partial charge in [0.1, 0.15) is 6.61 Å². The van der Waals surface area contributed by atoms with E-state index in [4.69, 9.17) is 0 Å². The molecule has 6 nitrogen and oxygen atoms in total. The summed E-state index contributed by atoms with van der Waals surface area (Å²) in [6, 6.07) is 0. The number of aliphatic carboxylic acids is 1. The third-order valence-electron chi connectivity index (χ3n) is 3.15. The fourth-order valence-corrected chi connectivity index (χ4v) is 2.01. The topological polar surface area (TPSA) is 92.7 Å². The standard InChI is InChI=1S/C16H28O6.Na/c1-2-3-4-5-6-7-8-9-10-11-15(19)22-16(20)13-21-12-14(17)18;/h2-13H2,1H3,(H,17,18);/q;+1/p-1. The van der Waals surface area contributed by atoms with Crippen molar-refractivity contribution in [1.29, 1.82) is 0 Å². The van der Waals surface area contributed by atoms with Crippen molar-refractivity contribution in [2.24, 2.45) is 0 Å². The fraction of sp³-hybridized carbons (Fsp3) is 0.812. The quantitative estimate of drug-likeness (QED) is 0.170. The first-order valence-corrected chi connectivity index (χ1v) is 8.07. The minimum Gasteiger partial charge on any atom is -0.548 e. The fourth-order valence-electron chi connectivity index (χ4n) is 2.01. The molecule has 0 bridgehead atoms. The van der Waals surface area contributed by atoms with E-state index in [0.717, 1.165) is 12.8 Å². The molecule has 0 saturated heterocycles. The molecule has 0 fully saturated rings. The van der Waals surface area contributed by atoms with Crippen LogP contribution in [0.15, 0.2) is 0 Å². The number of carbonyl (C=O) groups excluding carboxylic acids is 3. The second kappa shape index (κ2) is 17.9. The van der Waals surface area contributed by atoms with Crippen LogP contribution in [0.2, 0.25) is 0 Å². The Kier molecular flexibility index (Phi) is 19.3. The van der Waals surface area contributed by atoms with Crippen LogP contribution < -0.4 is 34.7 Å².